The molecular formula is C19H13BrN4O3. The molecule has 0 spiro atoms. The third-order valence-corrected chi connectivity index (χ3v) is 4.64. The number of para-hydroxylation sites is 2. The summed E-state index contributed by atoms with van der Waals surface area (Å²) in [7, 11) is 1.32. The molecule has 2 aromatic carbocycles. The van der Waals surface area contributed by atoms with Gasteiger partial charge in [0.1, 0.15) is 5.82 Å². The smallest absolute Gasteiger partial charge is 0.339 e. The van der Waals surface area contributed by atoms with Gasteiger partial charge in [-0.2, -0.15) is 4.98 Å². The van der Waals surface area contributed by atoms with Crippen molar-refractivity contribution in [3.8, 4) is 0 Å². The standard InChI is InChI=1S/C19H13BrN4O3/c1-27-18(26)12-7-3-5-9-15(12)21-16-13(20)10-24-17(25)11-6-2-4-8-14(11)22-19(24)23-16/h2-10H,1H3,(H,21,22,23). The molecule has 0 bridgehead atoms. The number of anilines is 2. The highest BCUT2D eigenvalue weighted by Crippen LogP contribution is 2.26. The quantitative estimate of drug-likeness (QED) is 0.399. The maximum absolute atomic E-state index is 12.7. The van der Waals surface area contributed by atoms with Gasteiger partial charge in [0.15, 0.2) is 0 Å². The van der Waals surface area contributed by atoms with Crippen LogP contribution >= 0.6 is 15.9 Å². The minimum atomic E-state index is -0.463. The molecule has 0 saturated carbocycles. The first kappa shape index (κ1) is 17.2. The minimum absolute atomic E-state index is 0.203. The summed E-state index contributed by atoms with van der Waals surface area (Å²) in [5, 5.41) is 3.62. The average Bonchev–Trinajstić information content (AvgIpc) is 2.69. The van der Waals surface area contributed by atoms with Crippen LogP contribution in [-0.2, 0) is 4.74 Å². The van der Waals surface area contributed by atoms with E-state index in [2.05, 4.69) is 31.2 Å². The van der Waals surface area contributed by atoms with E-state index >= 15 is 0 Å². The van der Waals surface area contributed by atoms with Crippen molar-refractivity contribution in [3.05, 3.63) is 75.1 Å². The van der Waals surface area contributed by atoms with E-state index in [1.54, 1.807) is 48.7 Å². The molecule has 0 aliphatic carbocycles. The monoisotopic (exact) mass is 424 g/mol. The molecule has 0 aliphatic rings. The van der Waals surface area contributed by atoms with Crippen molar-refractivity contribution in [2.24, 2.45) is 0 Å². The second-order valence-electron chi connectivity index (χ2n) is 5.70. The van der Waals surface area contributed by atoms with Gasteiger partial charge < -0.3 is 10.1 Å². The lowest BCUT2D eigenvalue weighted by atomic mass is 10.2. The van der Waals surface area contributed by atoms with E-state index in [-0.39, 0.29) is 11.3 Å². The Hall–Kier alpha value is -3.26. The Morgan fingerprint density at radius 3 is 2.67 bits per heavy atom. The van der Waals surface area contributed by atoms with Crippen molar-refractivity contribution in [1.82, 2.24) is 14.4 Å². The zero-order valence-electron chi connectivity index (χ0n) is 14.1. The zero-order chi connectivity index (χ0) is 19.0. The molecule has 0 saturated heterocycles. The van der Waals surface area contributed by atoms with Gasteiger partial charge in [-0.05, 0) is 40.2 Å². The Bertz CT molecular complexity index is 1250. The average molecular weight is 425 g/mol. The summed E-state index contributed by atoms with van der Waals surface area (Å²) >= 11 is 3.42. The lowest BCUT2D eigenvalue weighted by Crippen LogP contribution is -2.17. The number of esters is 1. The fourth-order valence-corrected chi connectivity index (χ4v) is 3.15. The van der Waals surface area contributed by atoms with E-state index in [0.29, 0.717) is 32.4 Å². The highest BCUT2D eigenvalue weighted by Gasteiger charge is 2.14. The molecule has 0 amide bonds. The molecule has 4 aromatic rings. The summed E-state index contributed by atoms with van der Waals surface area (Å²) in [4.78, 5) is 33.5. The number of ether oxygens (including phenoxy) is 1. The lowest BCUT2D eigenvalue weighted by Gasteiger charge is -2.12. The van der Waals surface area contributed by atoms with Crippen LogP contribution in [0.2, 0.25) is 0 Å². The SMILES string of the molecule is COC(=O)c1ccccc1Nc1nc2nc3ccccc3c(=O)n2cc1Br. The Balaban J connectivity index is 1.87. The van der Waals surface area contributed by atoms with Gasteiger partial charge >= 0.3 is 5.97 Å². The molecule has 7 nitrogen and oxygen atoms in total. The van der Waals surface area contributed by atoms with Crippen molar-refractivity contribution in [2.75, 3.05) is 12.4 Å². The van der Waals surface area contributed by atoms with Gasteiger partial charge in [0.05, 0.1) is 33.7 Å². The molecule has 1 N–H and O–H groups in total. The van der Waals surface area contributed by atoms with Gasteiger partial charge in [-0.15, -0.1) is 0 Å². The molecule has 4 rings (SSSR count). The van der Waals surface area contributed by atoms with E-state index < -0.39 is 5.97 Å². The summed E-state index contributed by atoms with van der Waals surface area (Å²) in [5.41, 5.74) is 1.27. The van der Waals surface area contributed by atoms with Crippen molar-refractivity contribution in [1.29, 1.82) is 0 Å². The summed E-state index contributed by atoms with van der Waals surface area (Å²) in [6, 6.07) is 14.0. The van der Waals surface area contributed by atoms with Crippen molar-refractivity contribution >= 4 is 50.1 Å². The zero-order valence-corrected chi connectivity index (χ0v) is 15.7. The number of carbonyl (C=O) groups excluding carboxylic acids is 1. The molecule has 134 valence electrons. The Morgan fingerprint density at radius 1 is 1.11 bits per heavy atom. The minimum Gasteiger partial charge on any atom is -0.465 e. The third-order valence-electron chi connectivity index (χ3n) is 4.06. The number of nitrogens with one attached hydrogen (secondary N) is 1. The molecule has 0 aliphatic heterocycles. The Kier molecular flexibility index (Phi) is 4.33. The highest BCUT2D eigenvalue weighted by molar-refractivity contribution is 9.10. The van der Waals surface area contributed by atoms with Crippen LogP contribution in [0.25, 0.3) is 16.7 Å². The van der Waals surface area contributed by atoms with Crippen LogP contribution in [0.1, 0.15) is 10.4 Å². The summed E-state index contributed by atoms with van der Waals surface area (Å²) in [6.07, 6.45) is 1.60. The van der Waals surface area contributed by atoms with Crippen LogP contribution in [-0.4, -0.2) is 27.4 Å². The van der Waals surface area contributed by atoms with Gasteiger partial charge in [0, 0.05) is 6.20 Å². The predicted octanol–water partition coefficient (Wildman–Crippen LogP) is 3.54. The first-order chi connectivity index (χ1) is 13.1. The van der Waals surface area contributed by atoms with Gasteiger partial charge in [-0.25, -0.2) is 9.78 Å². The second kappa shape index (κ2) is 6.81. The molecule has 0 atom stereocenters. The molecular weight excluding hydrogens is 412 g/mol. The fraction of sp³-hybridized carbons (Fsp3) is 0.0526. The van der Waals surface area contributed by atoms with Crippen LogP contribution < -0.4 is 10.9 Å². The number of methoxy groups -OCH3 is 1. The number of benzene rings is 2. The largest absolute Gasteiger partial charge is 0.465 e. The van der Waals surface area contributed by atoms with Gasteiger partial charge in [-0.3, -0.25) is 9.20 Å². The van der Waals surface area contributed by atoms with Crippen molar-refractivity contribution < 1.29 is 9.53 Å². The van der Waals surface area contributed by atoms with E-state index in [1.807, 2.05) is 6.07 Å². The van der Waals surface area contributed by atoms with Gasteiger partial charge in [-0.1, -0.05) is 24.3 Å². The molecule has 0 unspecified atom stereocenters. The number of nitrogens with zero attached hydrogens (tertiary/aromatic N) is 3. The van der Waals surface area contributed by atoms with Crippen molar-refractivity contribution in [2.45, 2.75) is 0 Å². The topological polar surface area (TPSA) is 85.6 Å². The van der Waals surface area contributed by atoms with Crippen LogP contribution in [0.5, 0.6) is 0 Å². The molecule has 0 radical (unpaired) electrons. The molecule has 8 heteroatoms. The highest BCUT2D eigenvalue weighted by atomic mass is 79.9. The fourth-order valence-electron chi connectivity index (χ4n) is 2.75. The van der Waals surface area contributed by atoms with Crippen LogP contribution in [0.4, 0.5) is 11.5 Å². The number of hydrogen-bond acceptors (Lipinski definition) is 6. The Labute approximate surface area is 161 Å². The van der Waals surface area contributed by atoms with Crippen LogP contribution in [0, 0.1) is 0 Å². The third kappa shape index (κ3) is 3.04. The first-order valence-electron chi connectivity index (χ1n) is 8.00. The number of rotatable bonds is 3. The first-order valence-corrected chi connectivity index (χ1v) is 8.80. The van der Waals surface area contributed by atoms with Crippen LogP contribution in [0.15, 0.2) is 64.0 Å². The summed E-state index contributed by atoms with van der Waals surface area (Å²) in [5.74, 6) is 0.212. The normalized spacial score (nSPS) is 10.9. The number of carbonyl (C=O) groups is 1. The molecule has 27 heavy (non-hydrogen) atoms. The maximum atomic E-state index is 12.7. The Morgan fingerprint density at radius 2 is 1.85 bits per heavy atom. The second-order valence-corrected chi connectivity index (χ2v) is 6.56. The molecule has 2 aromatic heterocycles. The van der Waals surface area contributed by atoms with Gasteiger partial charge in [0.2, 0.25) is 5.78 Å². The van der Waals surface area contributed by atoms with E-state index in [4.69, 9.17) is 4.74 Å². The molecule has 2 heterocycles. The van der Waals surface area contributed by atoms with Crippen molar-refractivity contribution in [3.63, 3.8) is 0 Å². The summed E-state index contributed by atoms with van der Waals surface area (Å²) in [6.45, 7) is 0. The number of fused-ring (bicyclic) bond motifs is 2. The predicted molar refractivity (Wildman–Crippen MR) is 106 cm³/mol. The van der Waals surface area contributed by atoms with E-state index in [0.717, 1.165) is 0 Å². The van der Waals surface area contributed by atoms with Crippen LogP contribution in [0.3, 0.4) is 0 Å². The van der Waals surface area contributed by atoms with E-state index in [9.17, 15) is 9.59 Å². The molecule has 0 fully saturated rings. The summed E-state index contributed by atoms with van der Waals surface area (Å²) < 4.78 is 6.74. The van der Waals surface area contributed by atoms with E-state index in [1.165, 1.54) is 11.5 Å². The number of hydrogen-bond donors (Lipinski definition) is 1. The lowest BCUT2D eigenvalue weighted by molar-refractivity contribution is 0.0602. The number of aromatic nitrogens is 3. The number of halogens is 1. The maximum Gasteiger partial charge on any atom is 0.339 e. The van der Waals surface area contributed by atoms with Gasteiger partial charge in [0.25, 0.3) is 5.56 Å².